The number of hydrogen-bond donors (Lipinski definition) is 1. The van der Waals surface area contributed by atoms with Crippen molar-refractivity contribution in [2.75, 3.05) is 0 Å². The van der Waals surface area contributed by atoms with Crippen molar-refractivity contribution in [3.8, 4) is 0 Å². The number of imide groups is 1. The molecule has 1 N–H and O–H groups in total. The summed E-state index contributed by atoms with van der Waals surface area (Å²) in [6, 6.07) is 6.38. The van der Waals surface area contributed by atoms with E-state index in [1.807, 2.05) is 25.1 Å². The fourth-order valence-corrected chi connectivity index (χ4v) is 2.31. The molecule has 5 nitrogen and oxygen atoms in total. The number of benzene rings is 1. The number of carbonyl (C=O) groups is 3. The molecular weight excluding hydrogens is 246 g/mol. The van der Waals surface area contributed by atoms with E-state index in [-0.39, 0.29) is 19.3 Å². The van der Waals surface area contributed by atoms with Gasteiger partial charge in [0.15, 0.2) is 0 Å². The smallest absolute Gasteiger partial charge is 0.326 e. The molecule has 1 saturated heterocycles. The van der Waals surface area contributed by atoms with Gasteiger partial charge in [-0.3, -0.25) is 14.5 Å². The Morgan fingerprint density at radius 3 is 2.79 bits per heavy atom. The lowest BCUT2D eigenvalue weighted by molar-refractivity contribution is -0.153. The molecule has 19 heavy (non-hydrogen) atoms. The molecule has 0 aromatic heterocycles. The molecule has 1 aliphatic rings. The predicted octanol–water partition coefficient (Wildman–Crippen LogP) is 1.14. The molecule has 0 saturated carbocycles. The van der Waals surface area contributed by atoms with Crippen LogP contribution in [0.2, 0.25) is 0 Å². The highest BCUT2D eigenvalue weighted by Crippen LogP contribution is 2.20. The maximum Gasteiger partial charge on any atom is 0.326 e. The van der Waals surface area contributed by atoms with Gasteiger partial charge in [-0.1, -0.05) is 29.8 Å². The maximum atomic E-state index is 12.1. The summed E-state index contributed by atoms with van der Waals surface area (Å²) >= 11 is 0. The maximum absolute atomic E-state index is 12.1. The van der Waals surface area contributed by atoms with Gasteiger partial charge < -0.3 is 5.11 Å². The van der Waals surface area contributed by atoms with Crippen molar-refractivity contribution in [2.45, 2.75) is 32.2 Å². The van der Waals surface area contributed by atoms with E-state index >= 15 is 0 Å². The van der Waals surface area contributed by atoms with Gasteiger partial charge in [0.25, 0.3) is 0 Å². The van der Waals surface area contributed by atoms with E-state index in [0.29, 0.717) is 0 Å². The lowest BCUT2D eigenvalue weighted by atomic mass is 10.1. The van der Waals surface area contributed by atoms with Crippen molar-refractivity contribution in [1.82, 2.24) is 4.90 Å². The molecule has 1 heterocycles. The van der Waals surface area contributed by atoms with Gasteiger partial charge in [-0.15, -0.1) is 0 Å². The van der Waals surface area contributed by atoms with Crippen LogP contribution in [0.3, 0.4) is 0 Å². The standard InChI is InChI=1S/C14H15NO4/c1-9-3-2-4-10(7-9)8-13(17)15-11(14(18)19)5-6-12(15)16/h2-4,7,11H,5-6,8H2,1H3,(H,18,19). The van der Waals surface area contributed by atoms with Gasteiger partial charge in [-0.2, -0.15) is 0 Å². The molecule has 0 aliphatic carbocycles. The van der Waals surface area contributed by atoms with E-state index in [9.17, 15) is 14.4 Å². The number of likely N-dealkylation sites (tertiary alicyclic amines) is 1. The van der Waals surface area contributed by atoms with Crippen molar-refractivity contribution in [3.05, 3.63) is 35.4 Å². The zero-order valence-electron chi connectivity index (χ0n) is 10.6. The van der Waals surface area contributed by atoms with Gasteiger partial charge in [0.1, 0.15) is 6.04 Å². The van der Waals surface area contributed by atoms with Gasteiger partial charge in [0.05, 0.1) is 6.42 Å². The van der Waals surface area contributed by atoms with Crippen LogP contribution in [0.4, 0.5) is 0 Å². The third-order valence-electron chi connectivity index (χ3n) is 3.20. The number of carbonyl (C=O) groups excluding carboxylic acids is 2. The van der Waals surface area contributed by atoms with Crippen molar-refractivity contribution in [2.24, 2.45) is 0 Å². The van der Waals surface area contributed by atoms with Crippen LogP contribution in [-0.4, -0.2) is 33.8 Å². The number of aryl methyl sites for hydroxylation is 1. The highest BCUT2D eigenvalue weighted by atomic mass is 16.4. The van der Waals surface area contributed by atoms with Crippen LogP contribution < -0.4 is 0 Å². The summed E-state index contributed by atoms with van der Waals surface area (Å²) in [5.74, 6) is -1.96. The van der Waals surface area contributed by atoms with Crippen LogP contribution in [0.1, 0.15) is 24.0 Å². The minimum absolute atomic E-state index is 0.0528. The Labute approximate surface area is 110 Å². The molecular formula is C14H15NO4. The molecule has 0 radical (unpaired) electrons. The quantitative estimate of drug-likeness (QED) is 0.885. The van der Waals surface area contributed by atoms with E-state index in [4.69, 9.17) is 5.11 Å². The van der Waals surface area contributed by atoms with Crippen LogP contribution in [0.15, 0.2) is 24.3 Å². The van der Waals surface area contributed by atoms with Crippen molar-refractivity contribution in [3.63, 3.8) is 0 Å². The number of carboxylic acid groups (broad SMARTS) is 1. The fourth-order valence-electron chi connectivity index (χ4n) is 2.31. The first-order valence-corrected chi connectivity index (χ1v) is 6.12. The van der Waals surface area contributed by atoms with Crippen LogP contribution in [0.5, 0.6) is 0 Å². The molecule has 2 amide bonds. The first kappa shape index (κ1) is 13.3. The largest absolute Gasteiger partial charge is 0.480 e. The van der Waals surface area contributed by atoms with Crippen molar-refractivity contribution >= 4 is 17.8 Å². The molecule has 1 unspecified atom stereocenters. The van der Waals surface area contributed by atoms with E-state index in [1.165, 1.54) is 0 Å². The molecule has 5 heteroatoms. The van der Waals surface area contributed by atoms with E-state index < -0.39 is 23.8 Å². The lowest BCUT2D eigenvalue weighted by Gasteiger charge is -2.19. The van der Waals surface area contributed by atoms with Gasteiger partial charge in [-0.05, 0) is 18.9 Å². The lowest BCUT2D eigenvalue weighted by Crippen LogP contribution is -2.43. The van der Waals surface area contributed by atoms with Crippen molar-refractivity contribution < 1.29 is 19.5 Å². The van der Waals surface area contributed by atoms with Gasteiger partial charge in [0.2, 0.25) is 11.8 Å². The average molecular weight is 261 g/mol. The number of hydrogen-bond acceptors (Lipinski definition) is 3. The second-order valence-electron chi connectivity index (χ2n) is 4.72. The molecule has 100 valence electrons. The number of rotatable bonds is 3. The topological polar surface area (TPSA) is 74.7 Å². The number of amides is 2. The second kappa shape index (κ2) is 5.22. The van der Waals surface area contributed by atoms with Gasteiger partial charge >= 0.3 is 5.97 Å². The summed E-state index contributed by atoms with van der Waals surface area (Å²) in [5, 5.41) is 9.01. The Balaban J connectivity index is 2.14. The highest BCUT2D eigenvalue weighted by molar-refractivity contribution is 6.02. The summed E-state index contributed by atoms with van der Waals surface area (Å²) in [4.78, 5) is 35.6. The number of aliphatic carboxylic acids is 1. The third-order valence-corrected chi connectivity index (χ3v) is 3.20. The Bertz CT molecular complexity index is 538. The summed E-state index contributed by atoms with van der Waals surface area (Å²) < 4.78 is 0. The van der Waals surface area contributed by atoms with Crippen molar-refractivity contribution in [1.29, 1.82) is 0 Å². The summed E-state index contributed by atoms with van der Waals surface area (Å²) in [6.45, 7) is 1.91. The van der Waals surface area contributed by atoms with Crippen LogP contribution in [0.25, 0.3) is 0 Å². The molecule has 1 aromatic carbocycles. The first-order chi connectivity index (χ1) is 8.99. The highest BCUT2D eigenvalue weighted by Gasteiger charge is 2.39. The molecule has 1 atom stereocenters. The van der Waals surface area contributed by atoms with E-state index in [0.717, 1.165) is 16.0 Å². The minimum atomic E-state index is -1.12. The second-order valence-corrected chi connectivity index (χ2v) is 4.72. The monoisotopic (exact) mass is 261 g/mol. The molecule has 1 aliphatic heterocycles. The predicted molar refractivity (Wildman–Crippen MR) is 67.4 cm³/mol. The summed E-state index contributed by atoms with van der Waals surface area (Å²) in [5.41, 5.74) is 1.81. The molecule has 0 bridgehead atoms. The SMILES string of the molecule is Cc1cccc(CC(=O)N2C(=O)CCC2C(=O)O)c1. The molecule has 1 fully saturated rings. The van der Waals surface area contributed by atoms with Crippen LogP contribution in [0, 0.1) is 6.92 Å². The summed E-state index contributed by atoms with van der Waals surface area (Å²) in [6.07, 6.45) is 0.376. The van der Waals surface area contributed by atoms with Gasteiger partial charge in [0, 0.05) is 6.42 Å². The zero-order valence-corrected chi connectivity index (χ0v) is 10.6. The zero-order chi connectivity index (χ0) is 14.0. The third kappa shape index (κ3) is 2.81. The normalized spacial score (nSPS) is 18.7. The Morgan fingerprint density at radius 1 is 1.42 bits per heavy atom. The van der Waals surface area contributed by atoms with Crippen LogP contribution in [-0.2, 0) is 20.8 Å². The molecule has 0 spiro atoms. The summed E-state index contributed by atoms with van der Waals surface area (Å²) in [7, 11) is 0. The fraction of sp³-hybridized carbons (Fsp3) is 0.357. The first-order valence-electron chi connectivity index (χ1n) is 6.12. The van der Waals surface area contributed by atoms with E-state index in [1.54, 1.807) is 6.07 Å². The molecule has 1 aromatic rings. The Morgan fingerprint density at radius 2 is 2.16 bits per heavy atom. The Kier molecular flexibility index (Phi) is 3.64. The minimum Gasteiger partial charge on any atom is -0.480 e. The Hall–Kier alpha value is -2.17. The number of nitrogens with zero attached hydrogens (tertiary/aromatic N) is 1. The molecule has 2 rings (SSSR count). The van der Waals surface area contributed by atoms with E-state index in [2.05, 4.69) is 0 Å². The van der Waals surface area contributed by atoms with Crippen LogP contribution >= 0.6 is 0 Å². The van der Waals surface area contributed by atoms with Gasteiger partial charge in [-0.25, -0.2) is 4.79 Å². The average Bonchev–Trinajstić information content (AvgIpc) is 2.71. The number of carboxylic acids is 1.